The smallest absolute Gasteiger partial charge is 0.338 e. The van der Waals surface area contributed by atoms with E-state index in [1.807, 2.05) is 17.5 Å². The molecular weight excluding hydrogens is 512 g/mol. The van der Waals surface area contributed by atoms with E-state index >= 15 is 0 Å². The number of nitro groups is 1. The van der Waals surface area contributed by atoms with Crippen LogP contribution in [0.4, 0.5) is 11.4 Å². The van der Waals surface area contributed by atoms with Gasteiger partial charge in [0.15, 0.2) is 4.80 Å². The van der Waals surface area contributed by atoms with Crippen LogP contribution >= 0.6 is 22.7 Å². The first kappa shape index (κ1) is 25.1. The number of benzene rings is 1. The molecule has 2 aliphatic rings. The van der Waals surface area contributed by atoms with Crippen molar-refractivity contribution in [3.05, 3.63) is 87.2 Å². The van der Waals surface area contributed by atoms with Gasteiger partial charge >= 0.3 is 5.97 Å². The molecule has 1 unspecified atom stereocenters. The van der Waals surface area contributed by atoms with Crippen molar-refractivity contribution in [3.63, 3.8) is 0 Å². The fourth-order valence-electron chi connectivity index (χ4n) is 4.84. The normalized spacial score (nSPS) is 17.9. The molecule has 5 rings (SSSR count). The quantitative estimate of drug-likeness (QED) is 0.269. The maximum Gasteiger partial charge on any atom is 0.338 e. The lowest BCUT2D eigenvalue weighted by Gasteiger charge is -2.30. The molecule has 1 fully saturated rings. The molecule has 37 heavy (non-hydrogen) atoms. The molecule has 4 heterocycles. The number of rotatable bonds is 6. The number of thiazole rings is 1. The topological polar surface area (TPSA) is 107 Å². The highest BCUT2D eigenvalue weighted by molar-refractivity contribution is 7.10. The monoisotopic (exact) mass is 538 g/mol. The summed E-state index contributed by atoms with van der Waals surface area (Å²) in [6.45, 7) is 5.42. The number of aromatic nitrogens is 1. The van der Waals surface area contributed by atoms with Gasteiger partial charge in [-0.3, -0.25) is 19.5 Å². The zero-order valence-electron chi connectivity index (χ0n) is 20.5. The van der Waals surface area contributed by atoms with E-state index in [4.69, 9.17) is 4.74 Å². The molecule has 0 spiro atoms. The number of nitro benzene ring substituents is 1. The van der Waals surface area contributed by atoms with E-state index in [1.165, 1.54) is 34.8 Å². The summed E-state index contributed by atoms with van der Waals surface area (Å²) in [6.07, 6.45) is 4.97. The molecule has 1 atom stereocenters. The summed E-state index contributed by atoms with van der Waals surface area (Å²) in [6, 6.07) is 7.91. The molecule has 3 aromatic rings. The van der Waals surface area contributed by atoms with E-state index in [1.54, 1.807) is 30.6 Å². The minimum atomic E-state index is -0.649. The van der Waals surface area contributed by atoms with Crippen LogP contribution in [0.1, 0.15) is 49.6 Å². The van der Waals surface area contributed by atoms with Crippen molar-refractivity contribution < 1.29 is 14.5 Å². The van der Waals surface area contributed by atoms with Gasteiger partial charge in [0.25, 0.3) is 11.2 Å². The summed E-state index contributed by atoms with van der Waals surface area (Å²) < 4.78 is 7.26. The maximum absolute atomic E-state index is 13.8. The lowest BCUT2D eigenvalue weighted by Crippen LogP contribution is -2.39. The molecule has 1 saturated heterocycles. The third-order valence-corrected chi connectivity index (χ3v) is 8.44. The van der Waals surface area contributed by atoms with Gasteiger partial charge < -0.3 is 9.64 Å². The highest BCUT2D eigenvalue weighted by Gasteiger charge is 2.34. The largest absolute Gasteiger partial charge is 0.463 e. The molecule has 0 N–H and O–H groups in total. The molecule has 0 amide bonds. The molecule has 2 aliphatic heterocycles. The fraction of sp³-hybridized carbons (Fsp3) is 0.346. The minimum Gasteiger partial charge on any atom is -0.463 e. The first-order valence-corrected chi connectivity index (χ1v) is 13.8. The van der Waals surface area contributed by atoms with Crippen LogP contribution in [0.2, 0.25) is 0 Å². The van der Waals surface area contributed by atoms with Gasteiger partial charge in [-0.25, -0.2) is 9.79 Å². The number of anilines is 1. The van der Waals surface area contributed by atoms with Gasteiger partial charge in [-0.1, -0.05) is 17.4 Å². The van der Waals surface area contributed by atoms with E-state index in [0.717, 1.165) is 42.9 Å². The number of allylic oxidation sites excluding steroid dienone is 1. The third-order valence-electron chi connectivity index (χ3n) is 6.53. The van der Waals surface area contributed by atoms with Crippen LogP contribution < -0.4 is 19.8 Å². The Kier molecular flexibility index (Phi) is 7.07. The summed E-state index contributed by atoms with van der Waals surface area (Å²) in [5.41, 5.74) is 2.01. The Hall–Kier alpha value is -3.57. The zero-order valence-corrected chi connectivity index (χ0v) is 22.1. The number of esters is 1. The number of ether oxygens (including phenoxy) is 1. The first-order valence-electron chi connectivity index (χ1n) is 12.2. The Morgan fingerprint density at radius 1 is 1.27 bits per heavy atom. The van der Waals surface area contributed by atoms with Crippen molar-refractivity contribution in [1.82, 2.24) is 4.57 Å². The number of piperidine rings is 1. The molecule has 0 bridgehead atoms. The molecule has 0 aliphatic carbocycles. The van der Waals surface area contributed by atoms with Crippen molar-refractivity contribution in [1.29, 1.82) is 0 Å². The highest BCUT2D eigenvalue weighted by Crippen LogP contribution is 2.33. The second-order valence-electron chi connectivity index (χ2n) is 8.87. The predicted molar refractivity (Wildman–Crippen MR) is 144 cm³/mol. The molecule has 2 aromatic heterocycles. The number of thiophene rings is 1. The van der Waals surface area contributed by atoms with Gasteiger partial charge in [-0.15, -0.1) is 11.3 Å². The first-order chi connectivity index (χ1) is 17.9. The van der Waals surface area contributed by atoms with E-state index in [9.17, 15) is 19.7 Å². The van der Waals surface area contributed by atoms with Crippen molar-refractivity contribution in [2.45, 2.75) is 39.2 Å². The third kappa shape index (κ3) is 4.76. The second kappa shape index (κ2) is 10.4. The molecule has 0 saturated carbocycles. The van der Waals surface area contributed by atoms with Gasteiger partial charge in [0.2, 0.25) is 0 Å². The van der Waals surface area contributed by atoms with Gasteiger partial charge in [0.1, 0.15) is 6.04 Å². The Bertz CT molecular complexity index is 1560. The Morgan fingerprint density at radius 2 is 2.05 bits per heavy atom. The maximum atomic E-state index is 13.8. The van der Waals surface area contributed by atoms with Crippen molar-refractivity contribution in [2.24, 2.45) is 4.99 Å². The Morgan fingerprint density at radius 3 is 2.73 bits per heavy atom. The number of hydrogen-bond acceptors (Lipinski definition) is 9. The van der Waals surface area contributed by atoms with E-state index < -0.39 is 16.9 Å². The van der Waals surface area contributed by atoms with E-state index in [2.05, 4.69) is 9.89 Å². The van der Waals surface area contributed by atoms with Crippen LogP contribution in [0, 0.1) is 10.1 Å². The number of non-ortho nitro benzene ring substituents is 1. The number of carbonyl (C=O) groups is 1. The summed E-state index contributed by atoms with van der Waals surface area (Å²) in [5, 5.41) is 13.4. The van der Waals surface area contributed by atoms with Gasteiger partial charge in [-0.2, -0.15) is 0 Å². The number of fused-ring (bicyclic) bond motifs is 1. The van der Waals surface area contributed by atoms with Crippen LogP contribution in [0.25, 0.3) is 6.08 Å². The highest BCUT2D eigenvalue weighted by atomic mass is 32.1. The van der Waals surface area contributed by atoms with Gasteiger partial charge in [-0.05, 0) is 56.7 Å². The number of carbonyl (C=O) groups excluding carboxylic acids is 1. The molecule has 9 nitrogen and oxygen atoms in total. The van der Waals surface area contributed by atoms with Crippen LogP contribution in [0.3, 0.4) is 0 Å². The van der Waals surface area contributed by atoms with Crippen molar-refractivity contribution in [2.75, 3.05) is 24.6 Å². The van der Waals surface area contributed by atoms with E-state index in [-0.39, 0.29) is 17.9 Å². The SMILES string of the molecule is CCOC(=O)C1=C(C)N=c2sc(=Cc3cc([N+](=O)[O-])ccc3N3CCCCC3)c(=O)n2C1c1cccs1. The average molecular weight is 539 g/mol. The van der Waals surface area contributed by atoms with Gasteiger partial charge in [0, 0.05) is 41.4 Å². The summed E-state index contributed by atoms with van der Waals surface area (Å²) in [4.78, 5) is 46.0. The van der Waals surface area contributed by atoms with Gasteiger partial charge in [0.05, 0.1) is 27.3 Å². The number of hydrogen-bond donors (Lipinski definition) is 0. The van der Waals surface area contributed by atoms with Crippen LogP contribution in [-0.2, 0) is 9.53 Å². The van der Waals surface area contributed by atoms with Crippen molar-refractivity contribution in [3.8, 4) is 0 Å². The van der Waals surface area contributed by atoms with Crippen LogP contribution in [0.15, 0.2) is 56.8 Å². The summed E-state index contributed by atoms with van der Waals surface area (Å²) >= 11 is 2.67. The second-order valence-corrected chi connectivity index (χ2v) is 10.9. The summed E-state index contributed by atoms with van der Waals surface area (Å²) in [5.74, 6) is -0.498. The fourth-order valence-corrected chi connectivity index (χ4v) is 6.70. The zero-order chi connectivity index (χ0) is 26.1. The molecule has 0 radical (unpaired) electrons. The van der Waals surface area contributed by atoms with Crippen LogP contribution in [-0.4, -0.2) is 35.2 Å². The molecule has 11 heteroatoms. The lowest BCUT2D eigenvalue weighted by atomic mass is 10.0. The molecule has 192 valence electrons. The summed E-state index contributed by atoms with van der Waals surface area (Å²) in [7, 11) is 0. The average Bonchev–Trinajstić information content (AvgIpc) is 3.52. The standard InChI is InChI=1S/C26H26N4O5S2/c1-3-35-25(32)22-16(2)27-26-29(23(22)20-8-7-13-36-20)24(31)21(37-26)15-17-14-18(30(33)34)9-10-19(17)28-11-5-4-6-12-28/h7-10,13-15,23H,3-6,11-12H2,1-2H3. The van der Waals surface area contributed by atoms with E-state index in [0.29, 0.717) is 26.2 Å². The minimum absolute atomic E-state index is 0.0308. The Labute approximate surface area is 220 Å². The van der Waals surface area contributed by atoms with Crippen molar-refractivity contribution >= 4 is 46.1 Å². The number of nitrogens with zero attached hydrogens (tertiary/aromatic N) is 4. The predicted octanol–water partition coefficient (Wildman–Crippen LogP) is 3.76. The Balaban J connectivity index is 1.70. The molecular formula is C26H26N4O5S2. The van der Waals surface area contributed by atoms with Crippen LogP contribution in [0.5, 0.6) is 0 Å². The lowest BCUT2D eigenvalue weighted by molar-refractivity contribution is -0.384. The molecule has 1 aromatic carbocycles.